The average Bonchev–Trinajstić information content (AvgIpc) is 2.84. The summed E-state index contributed by atoms with van der Waals surface area (Å²) in [6, 6.07) is 14.6. The molecule has 0 saturated carbocycles. The number of fused-ring (bicyclic) bond motifs is 2. The number of nitrogens with zero attached hydrogens (tertiary/aromatic N) is 3. The third kappa shape index (κ3) is 1.79. The van der Waals surface area contributed by atoms with Gasteiger partial charge in [-0.2, -0.15) is 4.98 Å². The molecular weight excluding hydrogens is 300 g/mol. The molecular formula is C16H11ClN4O. The minimum atomic E-state index is -0.0769. The van der Waals surface area contributed by atoms with Crippen molar-refractivity contribution in [3.63, 3.8) is 0 Å². The normalized spacial score (nSPS) is 11.3. The molecule has 2 aromatic carbocycles. The molecule has 6 heteroatoms. The van der Waals surface area contributed by atoms with Crippen LogP contribution in [0.25, 0.3) is 27.6 Å². The van der Waals surface area contributed by atoms with Crippen molar-refractivity contribution in [2.45, 2.75) is 0 Å². The summed E-state index contributed by atoms with van der Waals surface area (Å²) < 4.78 is 1.72. The second-order valence-corrected chi connectivity index (χ2v) is 5.34. The highest BCUT2D eigenvalue weighted by Crippen LogP contribution is 2.32. The largest absolute Gasteiger partial charge is 0.493 e. The highest BCUT2D eigenvalue weighted by molar-refractivity contribution is 6.35. The third-order valence-corrected chi connectivity index (χ3v) is 3.93. The van der Waals surface area contributed by atoms with Gasteiger partial charge in [-0.25, -0.2) is 4.98 Å². The van der Waals surface area contributed by atoms with Gasteiger partial charge in [-0.15, -0.1) is 0 Å². The number of rotatable bonds is 1. The Kier molecular flexibility index (Phi) is 2.71. The van der Waals surface area contributed by atoms with Crippen LogP contribution in [0, 0.1) is 0 Å². The Hall–Kier alpha value is -2.79. The van der Waals surface area contributed by atoms with E-state index in [1.165, 1.54) is 6.07 Å². The second-order valence-electron chi connectivity index (χ2n) is 4.93. The van der Waals surface area contributed by atoms with E-state index in [4.69, 9.17) is 17.3 Å². The van der Waals surface area contributed by atoms with E-state index in [0.29, 0.717) is 22.1 Å². The summed E-state index contributed by atoms with van der Waals surface area (Å²) in [7, 11) is 0. The fourth-order valence-corrected chi connectivity index (χ4v) is 2.87. The van der Waals surface area contributed by atoms with Crippen molar-refractivity contribution in [3.05, 3.63) is 53.6 Å². The highest BCUT2D eigenvalue weighted by Gasteiger charge is 2.15. The molecule has 4 rings (SSSR count). The number of aromatic hydroxyl groups is 1. The summed E-state index contributed by atoms with van der Waals surface area (Å²) in [4.78, 5) is 8.44. The van der Waals surface area contributed by atoms with Gasteiger partial charge in [0.25, 0.3) is 0 Å². The number of nitrogen functional groups attached to an aromatic ring is 1. The molecule has 0 aliphatic heterocycles. The molecule has 0 unspecified atom stereocenters. The molecule has 0 radical (unpaired) electrons. The van der Waals surface area contributed by atoms with E-state index in [0.717, 1.165) is 16.5 Å². The van der Waals surface area contributed by atoms with Gasteiger partial charge in [0.15, 0.2) is 5.65 Å². The van der Waals surface area contributed by atoms with Gasteiger partial charge in [-0.3, -0.25) is 4.57 Å². The molecule has 0 fully saturated rings. The zero-order valence-electron chi connectivity index (χ0n) is 11.4. The van der Waals surface area contributed by atoms with Gasteiger partial charge in [0.1, 0.15) is 5.52 Å². The Labute approximate surface area is 130 Å². The maximum absolute atomic E-state index is 9.65. The van der Waals surface area contributed by atoms with Gasteiger partial charge in [0.2, 0.25) is 11.8 Å². The Morgan fingerprint density at radius 1 is 0.955 bits per heavy atom. The molecule has 0 aliphatic carbocycles. The number of pyridine rings is 1. The highest BCUT2D eigenvalue weighted by atomic mass is 35.5. The van der Waals surface area contributed by atoms with Crippen LogP contribution in [0.2, 0.25) is 5.02 Å². The first-order valence-corrected chi connectivity index (χ1v) is 7.04. The number of aromatic nitrogens is 3. The number of nitrogens with two attached hydrogens (primary N) is 1. The van der Waals surface area contributed by atoms with Gasteiger partial charge < -0.3 is 10.8 Å². The minimum Gasteiger partial charge on any atom is -0.493 e. The average molecular weight is 311 g/mol. The van der Waals surface area contributed by atoms with Crippen molar-refractivity contribution in [2.75, 3.05) is 5.73 Å². The molecule has 0 aliphatic rings. The molecule has 0 atom stereocenters. The standard InChI is InChI=1S/C16H11ClN4O/c17-11-5-7-13(10-4-2-1-3-9(10)11)21-15-12(19-16(21)18)6-8-14(22)20-15/h1-8H,(H2,18,19)(H,20,22). The van der Waals surface area contributed by atoms with Crippen molar-refractivity contribution < 1.29 is 5.11 Å². The van der Waals surface area contributed by atoms with Gasteiger partial charge in [-0.1, -0.05) is 35.9 Å². The lowest BCUT2D eigenvalue weighted by Crippen LogP contribution is -2.02. The Morgan fingerprint density at radius 2 is 1.73 bits per heavy atom. The molecule has 2 aromatic heterocycles. The van der Waals surface area contributed by atoms with Crippen molar-refractivity contribution in [3.8, 4) is 11.6 Å². The third-order valence-electron chi connectivity index (χ3n) is 3.60. The van der Waals surface area contributed by atoms with Gasteiger partial charge in [-0.05, 0) is 18.2 Å². The van der Waals surface area contributed by atoms with E-state index in [9.17, 15) is 5.11 Å². The van der Waals surface area contributed by atoms with E-state index in [1.54, 1.807) is 10.6 Å². The number of imidazole rings is 1. The fourth-order valence-electron chi connectivity index (χ4n) is 2.64. The van der Waals surface area contributed by atoms with Crippen LogP contribution in [-0.4, -0.2) is 19.6 Å². The van der Waals surface area contributed by atoms with E-state index in [1.807, 2.05) is 36.4 Å². The minimum absolute atomic E-state index is 0.0769. The van der Waals surface area contributed by atoms with Crippen LogP contribution in [-0.2, 0) is 0 Å². The molecule has 4 aromatic rings. The number of hydrogen-bond acceptors (Lipinski definition) is 4. The summed E-state index contributed by atoms with van der Waals surface area (Å²) in [5, 5.41) is 12.2. The van der Waals surface area contributed by atoms with Crippen LogP contribution in [0.15, 0.2) is 48.5 Å². The Balaban J connectivity index is 2.14. The van der Waals surface area contributed by atoms with Crippen molar-refractivity contribution in [2.24, 2.45) is 0 Å². The monoisotopic (exact) mass is 310 g/mol. The van der Waals surface area contributed by atoms with Crippen LogP contribution in [0.5, 0.6) is 5.88 Å². The molecule has 108 valence electrons. The summed E-state index contributed by atoms with van der Waals surface area (Å²) in [6.45, 7) is 0. The zero-order chi connectivity index (χ0) is 15.3. The molecule has 3 N–H and O–H groups in total. The van der Waals surface area contributed by atoms with Crippen LogP contribution < -0.4 is 5.73 Å². The Morgan fingerprint density at radius 3 is 2.55 bits per heavy atom. The molecule has 22 heavy (non-hydrogen) atoms. The van der Waals surface area contributed by atoms with Gasteiger partial charge in [0, 0.05) is 21.9 Å². The van der Waals surface area contributed by atoms with Crippen molar-refractivity contribution >= 4 is 39.5 Å². The summed E-state index contributed by atoms with van der Waals surface area (Å²) in [6.07, 6.45) is 0. The van der Waals surface area contributed by atoms with Crippen molar-refractivity contribution in [1.29, 1.82) is 0 Å². The van der Waals surface area contributed by atoms with E-state index in [2.05, 4.69) is 9.97 Å². The van der Waals surface area contributed by atoms with Crippen molar-refractivity contribution in [1.82, 2.24) is 14.5 Å². The van der Waals surface area contributed by atoms with Gasteiger partial charge in [0.05, 0.1) is 5.69 Å². The summed E-state index contributed by atoms with van der Waals surface area (Å²) in [5.41, 5.74) is 8.00. The van der Waals surface area contributed by atoms with Crippen LogP contribution in [0.1, 0.15) is 0 Å². The smallest absolute Gasteiger partial charge is 0.212 e. The molecule has 2 heterocycles. The first-order valence-electron chi connectivity index (χ1n) is 6.67. The molecule has 0 spiro atoms. The van der Waals surface area contributed by atoms with Crippen LogP contribution >= 0.6 is 11.6 Å². The number of halogens is 1. The van der Waals surface area contributed by atoms with Crippen LogP contribution in [0.3, 0.4) is 0 Å². The number of benzene rings is 2. The number of anilines is 1. The molecule has 0 saturated heterocycles. The first-order chi connectivity index (χ1) is 10.6. The molecule has 0 amide bonds. The SMILES string of the molecule is Nc1nc2ccc(O)nc2n1-c1ccc(Cl)c2ccccc12. The lowest BCUT2D eigenvalue weighted by atomic mass is 10.1. The second kappa shape index (κ2) is 4.61. The summed E-state index contributed by atoms with van der Waals surface area (Å²) in [5.74, 6) is 0.229. The predicted octanol–water partition coefficient (Wildman–Crippen LogP) is 3.51. The van der Waals surface area contributed by atoms with Gasteiger partial charge >= 0.3 is 0 Å². The topological polar surface area (TPSA) is 77.0 Å². The molecule has 0 bridgehead atoms. The quantitative estimate of drug-likeness (QED) is 0.564. The number of hydrogen-bond donors (Lipinski definition) is 2. The van der Waals surface area contributed by atoms with Crippen LogP contribution in [0.4, 0.5) is 5.95 Å². The predicted molar refractivity (Wildman–Crippen MR) is 87.5 cm³/mol. The zero-order valence-corrected chi connectivity index (χ0v) is 12.1. The molecule has 5 nitrogen and oxygen atoms in total. The van der Waals surface area contributed by atoms with E-state index >= 15 is 0 Å². The maximum Gasteiger partial charge on any atom is 0.212 e. The summed E-state index contributed by atoms with van der Waals surface area (Å²) >= 11 is 6.26. The lowest BCUT2D eigenvalue weighted by molar-refractivity contribution is 0.455. The lowest BCUT2D eigenvalue weighted by Gasteiger charge is -2.11. The fraction of sp³-hybridized carbons (Fsp3) is 0. The first kappa shape index (κ1) is 12.9. The van der Waals surface area contributed by atoms with E-state index < -0.39 is 0 Å². The maximum atomic E-state index is 9.65. The van der Waals surface area contributed by atoms with E-state index in [-0.39, 0.29) is 5.88 Å². The Bertz CT molecular complexity index is 1030.